The average Bonchev–Trinajstić information content (AvgIpc) is 4.03. The van der Waals surface area contributed by atoms with Gasteiger partial charge in [0.1, 0.15) is 22.3 Å². The number of aromatic nitrogens is 2. The zero-order valence-electron chi connectivity index (χ0n) is 32.3. The highest BCUT2D eigenvalue weighted by Crippen LogP contribution is 2.42. The number of nitrogens with zero attached hydrogens (tertiary/aromatic N) is 2. The normalized spacial score (nSPS) is 12.3. The maximum atomic E-state index is 6.39. The molecule has 0 spiro atoms. The highest BCUT2D eigenvalue weighted by Gasteiger charge is 2.21. The second kappa shape index (κ2) is 12.9. The van der Waals surface area contributed by atoms with E-state index in [4.69, 9.17) is 8.83 Å². The molecule has 4 nitrogen and oxygen atoms in total. The monoisotopic (exact) mass is 756 g/mol. The van der Waals surface area contributed by atoms with Crippen LogP contribution in [0.4, 0.5) is 0 Å². The van der Waals surface area contributed by atoms with E-state index in [1.807, 2.05) is 30.3 Å². The van der Waals surface area contributed by atoms with Gasteiger partial charge in [-0.15, -0.1) is 0 Å². The minimum atomic E-state index is 0.860. The standard InChI is InChI=1S/C55H36N2O2/c1-3-47-46(55-39(35-14-5-4-6-15-35)19-13-21-50(55)56(47)38-25-27-43-41-17-8-11-22-51(41)59-54(43)33-38)30-34(2)36-24-28-49-44(31-36)40-16-7-10-20-48(40)57(49)37-26-29-53-45(32-37)42-18-9-12-23-52(42)58-53/h3-33H,1H2,2H3/b34-30+. The van der Waals surface area contributed by atoms with Crippen LogP contribution in [0.25, 0.3) is 117 Å². The zero-order valence-corrected chi connectivity index (χ0v) is 32.3. The molecule has 0 aliphatic heterocycles. The molecule has 0 fully saturated rings. The van der Waals surface area contributed by atoms with E-state index in [0.717, 1.165) is 88.7 Å². The molecule has 0 saturated heterocycles. The summed E-state index contributed by atoms with van der Waals surface area (Å²) in [6.45, 7) is 6.63. The minimum absolute atomic E-state index is 0.860. The van der Waals surface area contributed by atoms with E-state index in [9.17, 15) is 0 Å². The number of benzene rings is 8. The lowest BCUT2D eigenvalue weighted by Crippen LogP contribution is -1.96. The molecule has 0 bridgehead atoms. The molecule has 12 rings (SSSR count). The van der Waals surface area contributed by atoms with E-state index >= 15 is 0 Å². The van der Waals surface area contributed by atoms with Crippen LogP contribution in [0.2, 0.25) is 0 Å². The van der Waals surface area contributed by atoms with E-state index in [1.54, 1.807) is 0 Å². The summed E-state index contributed by atoms with van der Waals surface area (Å²) >= 11 is 0. The van der Waals surface area contributed by atoms with Gasteiger partial charge in [-0.3, -0.25) is 0 Å². The molecule has 0 atom stereocenters. The van der Waals surface area contributed by atoms with Crippen molar-refractivity contribution in [1.82, 2.24) is 9.13 Å². The third-order valence-corrected chi connectivity index (χ3v) is 12.1. The van der Waals surface area contributed by atoms with Gasteiger partial charge in [0.05, 0.1) is 22.2 Å². The minimum Gasteiger partial charge on any atom is -0.456 e. The molecular weight excluding hydrogens is 721 g/mol. The van der Waals surface area contributed by atoms with Gasteiger partial charge < -0.3 is 18.0 Å². The first kappa shape index (κ1) is 33.3. The van der Waals surface area contributed by atoms with Crippen LogP contribution >= 0.6 is 0 Å². The largest absolute Gasteiger partial charge is 0.456 e. The number of hydrogen-bond acceptors (Lipinski definition) is 2. The summed E-state index contributed by atoms with van der Waals surface area (Å²) in [5, 5.41) is 8.06. The second-order valence-corrected chi connectivity index (χ2v) is 15.4. The molecule has 0 amide bonds. The van der Waals surface area contributed by atoms with Crippen molar-refractivity contribution in [3.8, 4) is 22.5 Å². The Labute approximate surface area is 339 Å². The number of allylic oxidation sites excluding steroid dienone is 1. The average molecular weight is 757 g/mol. The van der Waals surface area contributed by atoms with Crippen LogP contribution in [0.5, 0.6) is 0 Å². The Balaban J connectivity index is 1.06. The third-order valence-electron chi connectivity index (χ3n) is 12.1. The van der Waals surface area contributed by atoms with Gasteiger partial charge >= 0.3 is 0 Å². The summed E-state index contributed by atoms with van der Waals surface area (Å²) in [6.07, 6.45) is 4.34. The molecule has 0 saturated carbocycles. The molecule has 59 heavy (non-hydrogen) atoms. The van der Waals surface area contributed by atoms with Crippen LogP contribution < -0.4 is 0 Å². The molecule has 4 heterocycles. The van der Waals surface area contributed by atoms with Crippen LogP contribution in [-0.2, 0) is 0 Å². The smallest absolute Gasteiger partial charge is 0.137 e. The van der Waals surface area contributed by atoms with Gasteiger partial charge in [0.2, 0.25) is 0 Å². The van der Waals surface area contributed by atoms with E-state index < -0.39 is 0 Å². The Kier molecular flexibility index (Phi) is 7.26. The first-order valence-electron chi connectivity index (χ1n) is 20.0. The van der Waals surface area contributed by atoms with Crippen molar-refractivity contribution in [3.05, 3.63) is 199 Å². The topological polar surface area (TPSA) is 36.1 Å². The Morgan fingerprint density at radius 1 is 0.475 bits per heavy atom. The van der Waals surface area contributed by atoms with Crippen molar-refractivity contribution < 1.29 is 8.83 Å². The van der Waals surface area contributed by atoms with Gasteiger partial charge in [-0.2, -0.15) is 0 Å². The first-order valence-corrected chi connectivity index (χ1v) is 20.0. The first-order chi connectivity index (χ1) is 29.1. The van der Waals surface area contributed by atoms with E-state index in [2.05, 4.69) is 180 Å². The molecule has 0 aliphatic carbocycles. The van der Waals surface area contributed by atoms with Crippen molar-refractivity contribution in [2.75, 3.05) is 0 Å². The summed E-state index contributed by atoms with van der Waals surface area (Å²) in [4.78, 5) is 0. The molecular formula is C55H36N2O2. The van der Waals surface area contributed by atoms with E-state index in [-0.39, 0.29) is 0 Å². The maximum Gasteiger partial charge on any atom is 0.137 e. The Morgan fingerprint density at radius 2 is 1.10 bits per heavy atom. The summed E-state index contributed by atoms with van der Waals surface area (Å²) < 4.78 is 17.3. The molecule has 8 aromatic carbocycles. The zero-order chi connectivity index (χ0) is 39.2. The number of hydrogen-bond donors (Lipinski definition) is 0. The number of furan rings is 2. The van der Waals surface area contributed by atoms with Gasteiger partial charge in [0, 0.05) is 60.7 Å². The Hall–Kier alpha value is -7.82. The lowest BCUT2D eigenvalue weighted by atomic mass is 9.96. The predicted molar refractivity (Wildman–Crippen MR) is 248 cm³/mol. The van der Waals surface area contributed by atoms with Crippen molar-refractivity contribution in [2.24, 2.45) is 0 Å². The quantitative estimate of drug-likeness (QED) is 0.169. The van der Waals surface area contributed by atoms with Crippen LogP contribution in [0.3, 0.4) is 0 Å². The number of para-hydroxylation sites is 3. The van der Waals surface area contributed by atoms with Gasteiger partial charge in [-0.1, -0.05) is 110 Å². The van der Waals surface area contributed by atoms with Gasteiger partial charge in [-0.25, -0.2) is 0 Å². The molecule has 0 radical (unpaired) electrons. The summed E-state index contributed by atoms with van der Waals surface area (Å²) in [6, 6.07) is 62.4. The second-order valence-electron chi connectivity index (χ2n) is 15.4. The van der Waals surface area contributed by atoms with Gasteiger partial charge in [0.15, 0.2) is 0 Å². The van der Waals surface area contributed by atoms with Gasteiger partial charge in [-0.05, 0) is 108 Å². The molecule has 278 valence electrons. The van der Waals surface area contributed by atoms with E-state index in [1.165, 1.54) is 32.8 Å². The van der Waals surface area contributed by atoms with E-state index in [0.29, 0.717) is 0 Å². The lowest BCUT2D eigenvalue weighted by molar-refractivity contribution is 0.668. The summed E-state index contributed by atoms with van der Waals surface area (Å²) in [5.74, 6) is 0. The van der Waals surface area contributed by atoms with Crippen LogP contribution in [-0.4, -0.2) is 9.13 Å². The highest BCUT2D eigenvalue weighted by atomic mass is 16.3. The molecule has 4 aromatic heterocycles. The maximum absolute atomic E-state index is 6.39. The molecule has 4 heteroatoms. The Bertz CT molecular complexity index is 3700. The van der Waals surface area contributed by atoms with Crippen molar-refractivity contribution in [3.63, 3.8) is 0 Å². The molecule has 12 aromatic rings. The fourth-order valence-electron chi connectivity index (χ4n) is 9.37. The van der Waals surface area contributed by atoms with Crippen molar-refractivity contribution >= 4 is 94.3 Å². The SMILES string of the molecule is C=Cc1c(/C=C(\C)c2ccc3c(c2)c2ccccc2n3-c2ccc3oc4ccccc4c3c2)c2c(-c3ccccc3)cccc2n1-c1ccc2c(c1)oc1ccccc12. The fraction of sp³-hybridized carbons (Fsp3) is 0.0182. The Morgan fingerprint density at radius 3 is 1.92 bits per heavy atom. The molecule has 0 N–H and O–H groups in total. The fourth-order valence-corrected chi connectivity index (χ4v) is 9.37. The van der Waals surface area contributed by atoms with Crippen molar-refractivity contribution in [2.45, 2.75) is 6.92 Å². The summed E-state index contributed by atoms with van der Waals surface area (Å²) in [7, 11) is 0. The predicted octanol–water partition coefficient (Wildman–Crippen LogP) is 15.4. The number of fused-ring (bicyclic) bond motifs is 10. The lowest BCUT2D eigenvalue weighted by Gasteiger charge is -2.10. The summed E-state index contributed by atoms with van der Waals surface area (Å²) in [5.41, 5.74) is 15.9. The van der Waals surface area contributed by atoms with Crippen LogP contribution in [0.15, 0.2) is 191 Å². The van der Waals surface area contributed by atoms with Crippen molar-refractivity contribution in [1.29, 1.82) is 0 Å². The molecule has 0 unspecified atom stereocenters. The molecule has 0 aliphatic rings. The highest BCUT2D eigenvalue weighted by molar-refractivity contribution is 6.13. The third kappa shape index (κ3) is 5.03. The van der Waals surface area contributed by atoms with Gasteiger partial charge in [0.25, 0.3) is 0 Å². The van der Waals surface area contributed by atoms with Crippen LogP contribution in [0, 0.1) is 0 Å². The number of rotatable bonds is 6. The van der Waals surface area contributed by atoms with Crippen LogP contribution in [0.1, 0.15) is 23.7 Å².